The molecule has 0 spiro atoms. The number of carboxylic acid groups (broad SMARTS) is 1. The second kappa shape index (κ2) is 9.65. The molecule has 1 unspecified atom stereocenters. The van der Waals surface area contributed by atoms with Gasteiger partial charge < -0.3 is 19.4 Å². The molecule has 0 aliphatic carbocycles. The van der Waals surface area contributed by atoms with Gasteiger partial charge in [-0.25, -0.2) is 18.2 Å². The molecule has 0 saturated carbocycles. The van der Waals surface area contributed by atoms with Crippen LogP contribution in [0.2, 0.25) is 0 Å². The van der Waals surface area contributed by atoms with Gasteiger partial charge in [0.1, 0.15) is 17.4 Å². The number of aryl methyl sites for hydroxylation is 2. The van der Waals surface area contributed by atoms with E-state index >= 15 is 4.39 Å². The van der Waals surface area contributed by atoms with E-state index in [0.717, 1.165) is 16.8 Å². The highest BCUT2D eigenvalue weighted by Crippen LogP contribution is 2.39. The van der Waals surface area contributed by atoms with Crippen LogP contribution in [0.25, 0.3) is 22.3 Å². The Morgan fingerprint density at radius 3 is 2.82 bits per heavy atom. The molecule has 3 heterocycles. The second-order valence-corrected chi connectivity index (χ2v) is 9.71. The standard InChI is InChI=1S/C30H24F3N3O3/c1-16(20-4-2-3-18(27(20)32)6-8-26(37)38)25-15-35-30-22-13-19(7-5-17(22)10-12-36(25)30)39-29-23(31)14-24-21(28(29)33)9-11-34-24/h2-5,7,9,11,13-16,34H,6,8,10,12H2,1H3,(H,37,38). The summed E-state index contributed by atoms with van der Waals surface area (Å²) in [6.07, 6.45) is 3.90. The van der Waals surface area contributed by atoms with Crippen LogP contribution in [0.5, 0.6) is 11.5 Å². The van der Waals surface area contributed by atoms with Crippen molar-refractivity contribution in [3.05, 3.63) is 101 Å². The van der Waals surface area contributed by atoms with E-state index in [0.29, 0.717) is 35.4 Å². The Bertz CT molecular complexity index is 1740. The number of benzene rings is 3. The fourth-order valence-corrected chi connectivity index (χ4v) is 5.31. The lowest BCUT2D eigenvalue weighted by atomic mass is 9.93. The fourth-order valence-electron chi connectivity index (χ4n) is 5.31. The van der Waals surface area contributed by atoms with Gasteiger partial charge in [0.2, 0.25) is 0 Å². The van der Waals surface area contributed by atoms with Gasteiger partial charge >= 0.3 is 5.97 Å². The Kier molecular flexibility index (Phi) is 6.13. The monoisotopic (exact) mass is 531 g/mol. The number of aromatic amines is 1. The van der Waals surface area contributed by atoms with E-state index in [2.05, 4.69) is 9.97 Å². The molecule has 6 rings (SSSR count). The number of imidazole rings is 1. The highest BCUT2D eigenvalue weighted by atomic mass is 19.1. The van der Waals surface area contributed by atoms with E-state index in [1.54, 1.807) is 36.5 Å². The van der Waals surface area contributed by atoms with Crippen molar-refractivity contribution in [2.75, 3.05) is 0 Å². The molecule has 6 nitrogen and oxygen atoms in total. The van der Waals surface area contributed by atoms with E-state index in [9.17, 15) is 13.6 Å². The molecule has 9 heteroatoms. The first-order chi connectivity index (χ1) is 18.8. The molecule has 5 aromatic rings. The zero-order valence-corrected chi connectivity index (χ0v) is 21.0. The number of hydrogen-bond donors (Lipinski definition) is 2. The normalized spacial score (nSPS) is 13.2. The maximum atomic E-state index is 15.3. The van der Waals surface area contributed by atoms with E-state index in [1.807, 2.05) is 17.6 Å². The van der Waals surface area contributed by atoms with Crippen LogP contribution in [-0.4, -0.2) is 25.6 Å². The molecule has 0 saturated heterocycles. The van der Waals surface area contributed by atoms with Gasteiger partial charge in [-0.05, 0) is 47.7 Å². The molecule has 1 aliphatic rings. The third kappa shape index (κ3) is 4.33. The van der Waals surface area contributed by atoms with Gasteiger partial charge in [0.15, 0.2) is 17.4 Å². The molecule has 39 heavy (non-hydrogen) atoms. The van der Waals surface area contributed by atoms with Crippen molar-refractivity contribution in [3.8, 4) is 22.9 Å². The predicted molar refractivity (Wildman–Crippen MR) is 140 cm³/mol. The topological polar surface area (TPSA) is 80.1 Å². The van der Waals surface area contributed by atoms with Crippen molar-refractivity contribution in [2.45, 2.75) is 38.6 Å². The number of halogens is 3. The largest absolute Gasteiger partial charge is 0.481 e. The summed E-state index contributed by atoms with van der Waals surface area (Å²) in [6.45, 7) is 2.53. The average molecular weight is 532 g/mol. The Morgan fingerprint density at radius 1 is 1.15 bits per heavy atom. The third-order valence-corrected chi connectivity index (χ3v) is 7.36. The number of carboxylic acids is 1. The van der Waals surface area contributed by atoms with Crippen LogP contribution in [0.3, 0.4) is 0 Å². The summed E-state index contributed by atoms with van der Waals surface area (Å²) in [5.41, 5.74) is 3.78. The minimum absolute atomic E-state index is 0.112. The Balaban J connectivity index is 1.33. The van der Waals surface area contributed by atoms with Crippen LogP contribution in [-0.2, 0) is 24.2 Å². The van der Waals surface area contributed by atoms with Crippen molar-refractivity contribution in [2.24, 2.45) is 0 Å². The summed E-state index contributed by atoms with van der Waals surface area (Å²) < 4.78 is 52.7. The molecule has 198 valence electrons. The molecule has 1 aliphatic heterocycles. The SMILES string of the molecule is CC(c1cccc(CCC(=O)O)c1F)c1cnc2n1CCc1ccc(Oc3c(F)cc4[nH]ccc4c3F)cc1-2. The van der Waals surface area contributed by atoms with Crippen molar-refractivity contribution in [1.29, 1.82) is 0 Å². The summed E-state index contributed by atoms with van der Waals surface area (Å²) >= 11 is 0. The highest BCUT2D eigenvalue weighted by Gasteiger charge is 2.26. The lowest BCUT2D eigenvalue weighted by molar-refractivity contribution is -0.136. The van der Waals surface area contributed by atoms with Crippen LogP contribution < -0.4 is 4.74 Å². The summed E-state index contributed by atoms with van der Waals surface area (Å²) in [5.74, 6) is -2.87. The molecule has 2 N–H and O–H groups in total. The third-order valence-electron chi connectivity index (χ3n) is 7.36. The Hall–Kier alpha value is -4.53. The van der Waals surface area contributed by atoms with Crippen molar-refractivity contribution >= 4 is 16.9 Å². The van der Waals surface area contributed by atoms with E-state index in [4.69, 9.17) is 9.84 Å². The first-order valence-electron chi connectivity index (χ1n) is 12.6. The molecular weight excluding hydrogens is 507 g/mol. The number of nitrogens with one attached hydrogen (secondary N) is 1. The van der Waals surface area contributed by atoms with E-state index in [1.165, 1.54) is 18.3 Å². The number of aromatic nitrogens is 3. The zero-order chi connectivity index (χ0) is 27.3. The van der Waals surface area contributed by atoms with Gasteiger partial charge in [-0.1, -0.05) is 31.2 Å². The summed E-state index contributed by atoms with van der Waals surface area (Å²) in [7, 11) is 0. The number of hydrogen-bond acceptors (Lipinski definition) is 3. The molecule has 3 aromatic carbocycles. The van der Waals surface area contributed by atoms with Gasteiger partial charge in [-0.15, -0.1) is 0 Å². The van der Waals surface area contributed by atoms with Gasteiger partial charge in [0, 0.05) is 54.0 Å². The lowest BCUT2D eigenvalue weighted by Crippen LogP contribution is -2.16. The number of ether oxygens (including phenoxy) is 1. The quantitative estimate of drug-likeness (QED) is 0.238. The van der Waals surface area contributed by atoms with Crippen molar-refractivity contribution in [3.63, 3.8) is 0 Å². The van der Waals surface area contributed by atoms with Crippen LogP contribution in [0.1, 0.15) is 41.6 Å². The highest BCUT2D eigenvalue weighted by molar-refractivity contribution is 5.82. The fraction of sp³-hybridized carbons (Fsp3) is 0.200. The smallest absolute Gasteiger partial charge is 0.303 e. The maximum absolute atomic E-state index is 15.3. The van der Waals surface area contributed by atoms with Crippen molar-refractivity contribution < 1.29 is 27.8 Å². The molecule has 0 fully saturated rings. The molecule has 2 aromatic heterocycles. The predicted octanol–water partition coefficient (Wildman–Crippen LogP) is 6.97. The summed E-state index contributed by atoms with van der Waals surface area (Å²) in [4.78, 5) is 18.4. The molecular formula is C30H24F3N3O3. The number of H-pyrrole nitrogens is 1. The average Bonchev–Trinajstić information content (AvgIpc) is 3.57. The maximum Gasteiger partial charge on any atom is 0.303 e. The van der Waals surface area contributed by atoms with Gasteiger partial charge in [0.05, 0.1) is 5.52 Å². The van der Waals surface area contributed by atoms with E-state index in [-0.39, 0.29) is 29.9 Å². The minimum atomic E-state index is -0.977. The van der Waals surface area contributed by atoms with Gasteiger partial charge in [-0.2, -0.15) is 0 Å². The summed E-state index contributed by atoms with van der Waals surface area (Å²) in [6, 6.07) is 13.0. The van der Waals surface area contributed by atoms with Crippen LogP contribution in [0.4, 0.5) is 13.2 Å². The Morgan fingerprint density at radius 2 is 2.00 bits per heavy atom. The Labute approximate surface area is 221 Å². The van der Waals surface area contributed by atoms with Crippen molar-refractivity contribution in [1.82, 2.24) is 14.5 Å². The van der Waals surface area contributed by atoms with Crippen LogP contribution >= 0.6 is 0 Å². The molecule has 1 atom stereocenters. The number of carbonyl (C=O) groups is 1. The minimum Gasteiger partial charge on any atom is -0.481 e. The number of nitrogens with zero attached hydrogens (tertiary/aromatic N) is 2. The number of aliphatic carboxylic acids is 1. The molecule has 0 bridgehead atoms. The first-order valence-corrected chi connectivity index (χ1v) is 12.6. The summed E-state index contributed by atoms with van der Waals surface area (Å²) in [5, 5.41) is 9.22. The van der Waals surface area contributed by atoms with Gasteiger partial charge in [0.25, 0.3) is 0 Å². The number of rotatable bonds is 7. The first kappa shape index (κ1) is 24.8. The van der Waals surface area contributed by atoms with Crippen LogP contribution in [0.15, 0.2) is 60.9 Å². The van der Waals surface area contributed by atoms with E-state index < -0.39 is 29.2 Å². The van der Waals surface area contributed by atoms with Gasteiger partial charge in [-0.3, -0.25) is 4.79 Å². The molecule has 0 amide bonds. The number of fused-ring (bicyclic) bond motifs is 4. The lowest BCUT2D eigenvalue weighted by Gasteiger charge is -2.23. The molecule has 0 radical (unpaired) electrons. The second-order valence-electron chi connectivity index (χ2n) is 9.71. The van der Waals surface area contributed by atoms with Crippen LogP contribution in [0, 0.1) is 17.5 Å². The zero-order valence-electron chi connectivity index (χ0n) is 21.0.